The monoisotopic (exact) mass is 417 g/mol. The fourth-order valence-electron chi connectivity index (χ4n) is 3.58. The van der Waals surface area contributed by atoms with Crippen molar-refractivity contribution in [2.24, 2.45) is 0 Å². The van der Waals surface area contributed by atoms with Gasteiger partial charge >= 0.3 is 5.97 Å². The van der Waals surface area contributed by atoms with E-state index in [1.165, 1.54) is 51.4 Å². The van der Waals surface area contributed by atoms with Crippen molar-refractivity contribution < 1.29 is 9.53 Å². The van der Waals surface area contributed by atoms with Crippen LogP contribution in [0.4, 0.5) is 0 Å². The van der Waals surface area contributed by atoms with Gasteiger partial charge in [0.05, 0.1) is 0 Å². The molecule has 0 aliphatic heterocycles. The number of unbranched alkanes of at least 4 members (excludes halogenated alkanes) is 10. The SMILES string of the molecule is CCCCCCCCCCCCC=C(C#N)C(=O)Oc1cccc(-c2ccccc2)c1. The molecule has 0 saturated carbocycles. The maximum Gasteiger partial charge on any atom is 0.353 e. The van der Waals surface area contributed by atoms with E-state index in [2.05, 4.69) is 6.92 Å². The lowest BCUT2D eigenvalue weighted by Gasteiger charge is -2.06. The molecule has 2 rings (SSSR count). The Bertz CT molecular complexity index is 849. The average Bonchev–Trinajstić information content (AvgIpc) is 2.80. The molecule has 0 amide bonds. The van der Waals surface area contributed by atoms with Crippen molar-refractivity contribution in [1.29, 1.82) is 5.26 Å². The molecular weight excluding hydrogens is 382 g/mol. The third kappa shape index (κ3) is 9.66. The van der Waals surface area contributed by atoms with Crippen LogP contribution >= 0.6 is 0 Å². The van der Waals surface area contributed by atoms with E-state index in [9.17, 15) is 10.1 Å². The van der Waals surface area contributed by atoms with Crippen LogP contribution < -0.4 is 4.74 Å². The van der Waals surface area contributed by atoms with Crippen LogP contribution in [0, 0.1) is 11.3 Å². The number of nitrogens with zero attached hydrogens (tertiary/aromatic N) is 1. The Morgan fingerprint density at radius 1 is 0.839 bits per heavy atom. The number of carbonyl (C=O) groups excluding carboxylic acids is 1. The summed E-state index contributed by atoms with van der Waals surface area (Å²) in [4.78, 5) is 12.4. The Hall–Kier alpha value is -2.86. The molecule has 2 aromatic rings. The normalized spacial score (nSPS) is 11.2. The van der Waals surface area contributed by atoms with Crippen LogP contribution in [0.2, 0.25) is 0 Å². The molecular formula is C28H35NO2. The topological polar surface area (TPSA) is 50.1 Å². The van der Waals surface area contributed by atoms with Crippen molar-refractivity contribution >= 4 is 5.97 Å². The Morgan fingerprint density at radius 2 is 1.45 bits per heavy atom. The van der Waals surface area contributed by atoms with Gasteiger partial charge in [-0.15, -0.1) is 0 Å². The Morgan fingerprint density at radius 3 is 2.10 bits per heavy atom. The molecule has 0 N–H and O–H groups in total. The van der Waals surface area contributed by atoms with Crippen LogP contribution in [-0.2, 0) is 4.79 Å². The zero-order valence-corrected chi connectivity index (χ0v) is 18.8. The van der Waals surface area contributed by atoms with Crippen molar-refractivity contribution in [2.75, 3.05) is 0 Å². The quantitative estimate of drug-likeness (QED) is 0.103. The summed E-state index contributed by atoms with van der Waals surface area (Å²) in [5, 5.41) is 9.35. The number of nitriles is 1. The zero-order chi connectivity index (χ0) is 22.2. The van der Waals surface area contributed by atoms with E-state index < -0.39 is 5.97 Å². The molecule has 0 aromatic heterocycles. The van der Waals surface area contributed by atoms with Crippen molar-refractivity contribution in [2.45, 2.75) is 77.6 Å². The summed E-state index contributed by atoms with van der Waals surface area (Å²) in [5.41, 5.74) is 2.11. The van der Waals surface area contributed by atoms with Crippen LogP contribution in [0.5, 0.6) is 5.75 Å². The number of esters is 1. The Balaban J connectivity index is 1.72. The van der Waals surface area contributed by atoms with Gasteiger partial charge < -0.3 is 4.74 Å². The van der Waals surface area contributed by atoms with Gasteiger partial charge in [0.25, 0.3) is 0 Å². The molecule has 0 aliphatic rings. The molecule has 0 spiro atoms. The molecule has 0 heterocycles. The van der Waals surface area contributed by atoms with E-state index in [1.54, 1.807) is 12.1 Å². The van der Waals surface area contributed by atoms with Gasteiger partial charge in [-0.05, 0) is 36.1 Å². The summed E-state index contributed by atoms with van der Waals surface area (Å²) >= 11 is 0. The van der Waals surface area contributed by atoms with Crippen molar-refractivity contribution in [3.63, 3.8) is 0 Å². The second-order valence-corrected chi connectivity index (χ2v) is 7.98. The van der Waals surface area contributed by atoms with Crippen molar-refractivity contribution in [3.8, 4) is 22.9 Å². The van der Waals surface area contributed by atoms with Crippen LogP contribution in [0.15, 0.2) is 66.2 Å². The zero-order valence-electron chi connectivity index (χ0n) is 18.8. The summed E-state index contributed by atoms with van der Waals surface area (Å²) in [6.07, 6.45) is 15.1. The second-order valence-electron chi connectivity index (χ2n) is 7.98. The van der Waals surface area contributed by atoms with Gasteiger partial charge in [0.15, 0.2) is 0 Å². The largest absolute Gasteiger partial charge is 0.422 e. The van der Waals surface area contributed by atoms with Gasteiger partial charge in [0.2, 0.25) is 0 Å². The number of ether oxygens (including phenoxy) is 1. The minimum Gasteiger partial charge on any atom is -0.422 e. The molecule has 31 heavy (non-hydrogen) atoms. The maximum absolute atomic E-state index is 12.4. The Kier molecular flexibility index (Phi) is 11.8. The molecule has 2 aromatic carbocycles. The highest BCUT2D eigenvalue weighted by Gasteiger charge is 2.12. The summed E-state index contributed by atoms with van der Waals surface area (Å²) < 4.78 is 5.45. The molecule has 0 saturated heterocycles. The number of benzene rings is 2. The summed E-state index contributed by atoms with van der Waals surface area (Å²) in [6, 6.07) is 19.3. The minimum absolute atomic E-state index is 0.0843. The lowest BCUT2D eigenvalue weighted by molar-refractivity contribution is -0.129. The molecule has 3 nitrogen and oxygen atoms in total. The van der Waals surface area contributed by atoms with E-state index >= 15 is 0 Å². The second kappa shape index (κ2) is 15.0. The molecule has 0 aliphatic carbocycles. The van der Waals surface area contributed by atoms with E-state index in [0.29, 0.717) is 5.75 Å². The fraction of sp³-hybridized carbons (Fsp3) is 0.429. The van der Waals surface area contributed by atoms with Gasteiger partial charge in [-0.25, -0.2) is 4.79 Å². The molecule has 0 fully saturated rings. The van der Waals surface area contributed by atoms with Gasteiger partial charge in [0.1, 0.15) is 17.4 Å². The van der Waals surface area contributed by atoms with Gasteiger partial charge in [-0.1, -0.05) is 113 Å². The van der Waals surface area contributed by atoms with E-state index in [4.69, 9.17) is 4.74 Å². The van der Waals surface area contributed by atoms with Crippen LogP contribution in [0.3, 0.4) is 0 Å². The number of carbonyl (C=O) groups is 1. The molecule has 164 valence electrons. The van der Waals surface area contributed by atoms with Gasteiger partial charge in [-0.2, -0.15) is 5.26 Å². The standard InChI is InChI=1S/C28H35NO2/c1-2-3-4-5-6-7-8-9-10-11-13-19-26(23-29)28(30)31-27-21-16-20-25(22-27)24-17-14-12-15-18-24/h12,14-22H,2-11,13H2,1H3. The highest BCUT2D eigenvalue weighted by atomic mass is 16.5. The number of allylic oxidation sites excluding steroid dienone is 1. The smallest absolute Gasteiger partial charge is 0.353 e. The summed E-state index contributed by atoms with van der Waals surface area (Å²) in [5.74, 6) is -0.133. The predicted molar refractivity (Wildman–Crippen MR) is 128 cm³/mol. The van der Waals surface area contributed by atoms with Gasteiger partial charge in [-0.3, -0.25) is 0 Å². The third-order valence-corrected chi connectivity index (χ3v) is 5.40. The van der Waals surface area contributed by atoms with Crippen molar-refractivity contribution in [3.05, 3.63) is 66.2 Å². The number of rotatable bonds is 14. The molecule has 0 atom stereocenters. The third-order valence-electron chi connectivity index (χ3n) is 5.40. The highest BCUT2D eigenvalue weighted by molar-refractivity contribution is 5.94. The fourth-order valence-corrected chi connectivity index (χ4v) is 3.58. The van der Waals surface area contributed by atoms with Crippen molar-refractivity contribution in [1.82, 2.24) is 0 Å². The minimum atomic E-state index is -0.584. The van der Waals surface area contributed by atoms with Crippen LogP contribution in [-0.4, -0.2) is 5.97 Å². The maximum atomic E-state index is 12.4. The first kappa shape index (κ1) is 24.4. The van der Waals surface area contributed by atoms with Crippen LogP contribution in [0.1, 0.15) is 77.6 Å². The van der Waals surface area contributed by atoms with E-state index in [-0.39, 0.29) is 5.57 Å². The lowest BCUT2D eigenvalue weighted by Crippen LogP contribution is -2.10. The predicted octanol–water partition coefficient (Wildman–Crippen LogP) is 8.02. The lowest BCUT2D eigenvalue weighted by atomic mass is 10.1. The van der Waals surface area contributed by atoms with E-state index in [0.717, 1.165) is 30.4 Å². The first-order valence-corrected chi connectivity index (χ1v) is 11.7. The number of hydrogen-bond donors (Lipinski definition) is 0. The Labute approximate surface area is 187 Å². The first-order valence-electron chi connectivity index (χ1n) is 11.7. The molecule has 0 bridgehead atoms. The molecule has 0 radical (unpaired) electrons. The first-order chi connectivity index (χ1) is 15.2. The van der Waals surface area contributed by atoms with Gasteiger partial charge in [0, 0.05) is 0 Å². The number of hydrogen-bond acceptors (Lipinski definition) is 3. The highest BCUT2D eigenvalue weighted by Crippen LogP contribution is 2.24. The summed E-state index contributed by atoms with van der Waals surface area (Å²) in [7, 11) is 0. The summed E-state index contributed by atoms with van der Waals surface area (Å²) in [6.45, 7) is 2.25. The molecule has 3 heteroatoms. The average molecular weight is 418 g/mol. The van der Waals surface area contributed by atoms with Crippen LogP contribution in [0.25, 0.3) is 11.1 Å². The van der Waals surface area contributed by atoms with E-state index in [1.807, 2.05) is 54.6 Å². The molecule has 0 unspecified atom stereocenters.